The zero-order chi connectivity index (χ0) is 19.3. The normalized spacial score (nSPS) is 26.8. The zero-order valence-corrected chi connectivity index (χ0v) is 17.1. The fourth-order valence-corrected chi connectivity index (χ4v) is 5.78. The SMILES string of the molecule is CN1CCC[C@]2(CO)CCN(Cc3ccc4c5ccccc5n(C)c4c3)C[C@@H]12. The molecule has 28 heavy (non-hydrogen) atoms. The lowest BCUT2D eigenvalue weighted by Crippen LogP contribution is -2.61. The average molecular weight is 378 g/mol. The molecule has 0 unspecified atom stereocenters. The third-order valence-corrected chi connectivity index (χ3v) is 7.48. The molecule has 4 nitrogen and oxygen atoms in total. The molecule has 0 bridgehead atoms. The van der Waals surface area contributed by atoms with Crippen molar-refractivity contribution in [3.05, 3.63) is 48.0 Å². The summed E-state index contributed by atoms with van der Waals surface area (Å²) in [6.45, 7) is 4.62. The molecule has 2 atom stereocenters. The molecule has 2 saturated heterocycles. The highest BCUT2D eigenvalue weighted by Crippen LogP contribution is 2.41. The van der Waals surface area contributed by atoms with E-state index in [-0.39, 0.29) is 5.41 Å². The van der Waals surface area contributed by atoms with Gasteiger partial charge in [0.05, 0.1) is 6.61 Å². The molecule has 0 amide bonds. The van der Waals surface area contributed by atoms with Crippen LogP contribution >= 0.6 is 0 Å². The first kappa shape index (κ1) is 18.2. The Hall–Kier alpha value is -1.88. The number of aliphatic hydroxyl groups is 1. The van der Waals surface area contributed by atoms with Gasteiger partial charge >= 0.3 is 0 Å². The molecule has 4 heteroatoms. The third-order valence-electron chi connectivity index (χ3n) is 7.48. The number of nitrogens with zero attached hydrogens (tertiary/aromatic N) is 3. The topological polar surface area (TPSA) is 31.6 Å². The second kappa shape index (κ2) is 6.87. The Morgan fingerprint density at radius 1 is 1.00 bits per heavy atom. The first-order valence-electron chi connectivity index (χ1n) is 10.6. The number of rotatable bonds is 3. The number of aryl methyl sites for hydroxylation is 1. The molecule has 148 valence electrons. The smallest absolute Gasteiger partial charge is 0.0503 e. The Morgan fingerprint density at radius 2 is 1.82 bits per heavy atom. The zero-order valence-electron chi connectivity index (χ0n) is 17.1. The Bertz CT molecular complexity index is 1010. The number of piperidine rings is 2. The monoisotopic (exact) mass is 377 g/mol. The van der Waals surface area contributed by atoms with Crippen LogP contribution in [-0.2, 0) is 13.6 Å². The summed E-state index contributed by atoms with van der Waals surface area (Å²) in [5.74, 6) is 0. The van der Waals surface area contributed by atoms with Crippen molar-refractivity contribution >= 4 is 21.8 Å². The predicted octanol–water partition coefficient (Wildman–Crippen LogP) is 3.61. The lowest BCUT2D eigenvalue weighted by atomic mass is 9.69. The van der Waals surface area contributed by atoms with Crippen molar-refractivity contribution < 1.29 is 5.11 Å². The number of likely N-dealkylation sites (tertiary alicyclic amines) is 2. The van der Waals surface area contributed by atoms with Crippen LogP contribution < -0.4 is 0 Å². The molecule has 2 aliphatic heterocycles. The van der Waals surface area contributed by atoms with Gasteiger partial charge in [0.15, 0.2) is 0 Å². The average Bonchev–Trinajstić information content (AvgIpc) is 3.01. The Kier molecular flexibility index (Phi) is 4.46. The molecule has 3 aromatic rings. The molecule has 0 aliphatic carbocycles. The van der Waals surface area contributed by atoms with Crippen LogP contribution in [0.1, 0.15) is 24.8 Å². The number of likely N-dealkylation sites (N-methyl/N-ethyl adjacent to an activating group) is 1. The van der Waals surface area contributed by atoms with Crippen molar-refractivity contribution in [1.82, 2.24) is 14.4 Å². The highest BCUT2D eigenvalue weighted by atomic mass is 16.3. The highest BCUT2D eigenvalue weighted by Gasteiger charge is 2.46. The second-order valence-electron chi connectivity index (χ2n) is 9.03. The molecule has 5 rings (SSSR count). The van der Waals surface area contributed by atoms with E-state index in [0.717, 1.165) is 32.6 Å². The molecule has 0 spiro atoms. The van der Waals surface area contributed by atoms with E-state index in [1.165, 1.54) is 40.2 Å². The van der Waals surface area contributed by atoms with Crippen LogP contribution in [0, 0.1) is 5.41 Å². The molecular formula is C24H31N3O. The van der Waals surface area contributed by atoms with Gasteiger partial charge in [0, 0.05) is 53.4 Å². The van der Waals surface area contributed by atoms with E-state index in [1.807, 2.05) is 0 Å². The van der Waals surface area contributed by atoms with Gasteiger partial charge in [0.25, 0.3) is 0 Å². The molecule has 1 aromatic heterocycles. The Balaban J connectivity index is 1.41. The molecule has 3 heterocycles. The minimum absolute atomic E-state index is 0.114. The van der Waals surface area contributed by atoms with Gasteiger partial charge in [-0.3, -0.25) is 4.90 Å². The molecule has 1 N–H and O–H groups in total. The van der Waals surface area contributed by atoms with Crippen LogP contribution in [0.25, 0.3) is 21.8 Å². The van der Waals surface area contributed by atoms with Crippen LogP contribution in [0.2, 0.25) is 0 Å². The summed E-state index contributed by atoms with van der Waals surface area (Å²) in [5, 5.41) is 12.8. The Morgan fingerprint density at radius 3 is 2.68 bits per heavy atom. The summed E-state index contributed by atoms with van der Waals surface area (Å²) in [6.07, 6.45) is 3.49. The van der Waals surface area contributed by atoms with Crippen molar-refractivity contribution in [2.45, 2.75) is 31.8 Å². The Labute approximate surface area is 167 Å². The standard InChI is InChI=1S/C24H31N3O/c1-25-12-5-10-24(17-28)11-13-27(16-23(24)25)15-18-8-9-20-19-6-3-4-7-21(19)26(2)22(20)14-18/h3-4,6-9,14,23,28H,5,10-13,15-17H2,1-2H3/t23-,24-/m1/s1. The van der Waals surface area contributed by atoms with E-state index in [9.17, 15) is 5.11 Å². The van der Waals surface area contributed by atoms with E-state index in [4.69, 9.17) is 0 Å². The number of hydrogen-bond donors (Lipinski definition) is 1. The van der Waals surface area contributed by atoms with Crippen LogP contribution in [0.3, 0.4) is 0 Å². The van der Waals surface area contributed by atoms with Crippen LogP contribution in [0.4, 0.5) is 0 Å². The summed E-state index contributed by atoms with van der Waals surface area (Å²) >= 11 is 0. The fraction of sp³-hybridized carbons (Fsp3) is 0.500. The molecular weight excluding hydrogens is 346 g/mol. The lowest BCUT2D eigenvalue weighted by molar-refractivity contribution is -0.0684. The highest BCUT2D eigenvalue weighted by molar-refractivity contribution is 6.08. The minimum Gasteiger partial charge on any atom is -0.396 e. The minimum atomic E-state index is 0.114. The lowest BCUT2D eigenvalue weighted by Gasteiger charge is -2.53. The second-order valence-corrected chi connectivity index (χ2v) is 9.03. The number of para-hydroxylation sites is 1. The summed E-state index contributed by atoms with van der Waals surface area (Å²) in [6, 6.07) is 16.1. The van der Waals surface area contributed by atoms with Gasteiger partial charge in [-0.2, -0.15) is 0 Å². The largest absolute Gasteiger partial charge is 0.396 e. The maximum atomic E-state index is 10.1. The van der Waals surface area contributed by atoms with Crippen molar-refractivity contribution in [2.75, 3.05) is 33.3 Å². The summed E-state index contributed by atoms with van der Waals surface area (Å²) in [4.78, 5) is 5.07. The predicted molar refractivity (Wildman–Crippen MR) is 115 cm³/mol. The number of aliphatic hydroxyl groups excluding tert-OH is 1. The fourth-order valence-electron chi connectivity index (χ4n) is 5.78. The van der Waals surface area contributed by atoms with Gasteiger partial charge in [-0.05, 0) is 57.1 Å². The van der Waals surface area contributed by atoms with Crippen LogP contribution in [0.15, 0.2) is 42.5 Å². The summed E-state index contributed by atoms with van der Waals surface area (Å²) < 4.78 is 2.32. The molecule has 2 aromatic carbocycles. The van der Waals surface area contributed by atoms with Crippen molar-refractivity contribution in [2.24, 2.45) is 12.5 Å². The third kappa shape index (κ3) is 2.78. The van der Waals surface area contributed by atoms with Gasteiger partial charge in [-0.1, -0.05) is 30.3 Å². The van der Waals surface area contributed by atoms with E-state index in [2.05, 4.69) is 70.9 Å². The number of benzene rings is 2. The van der Waals surface area contributed by atoms with Crippen LogP contribution in [0.5, 0.6) is 0 Å². The van der Waals surface area contributed by atoms with Crippen molar-refractivity contribution in [3.8, 4) is 0 Å². The van der Waals surface area contributed by atoms with E-state index in [1.54, 1.807) is 0 Å². The first-order chi connectivity index (χ1) is 13.6. The maximum Gasteiger partial charge on any atom is 0.0503 e. The first-order valence-corrected chi connectivity index (χ1v) is 10.6. The summed E-state index contributed by atoms with van der Waals surface area (Å²) in [7, 11) is 4.40. The van der Waals surface area contributed by atoms with Gasteiger partial charge in [-0.15, -0.1) is 0 Å². The van der Waals surface area contributed by atoms with Gasteiger partial charge < -0.3 is 14.6 Å². The maximum absolute atomic E-state index is 10.1. The number of hydrogen-bond acceptors (Lipinski definition) is 3. The molecule has 2 fully saturated rings. The van der Waals surface area contributed by atoms with Gasteiger partial charge in [0.1, 0.15) is 0 Å². The molecule has 0 radical (unpaired) electrons. The van der Waals surface area contributed by atoms with E-state index >= 15 is 0 Å². The summed E-state index contributed by atoms with van der Waals surface area (Å²) in [5.41, 5.74) is 4.11. The quantitative estimate of drug-likeness (QED) is 0.757. The van der Waals surface area contributed by atoms with Gasteiger partial charge in [-0.25, -0.2) is 0 Å². The van der Waals surface area contributed by atoms with Crippen molar-refractivity contribution in [3.63, 3.8) is 0 Å². The number of aromatic nitrogens is 1. The number of fused-ring (bicyclic) bond motifs is 4. The van der Waals surface area contributed by atoms with Gasteiger partial charge in [0.2, 0.25) is 0 Å². The van der Waals surface area contributed by atoms with Crippen molar-refractivity contribution in [1.29, 1.82) is 0 Å². The van der Waals surface area contributed by atoms with Crippen LogP contribution in [-0.4, -0.2) is 58.8 Å². The van der Waals surface area contributed by atoms with E-state index in [0.29, 0.717) is 12.6 Å². The molecule has 2 aliphatic rings. The van der Waals surface area contributed by atoms with E-state index < -0.39 is 0 Å². The molecule has 0 saturated carbocycles.